The molecule has 18 aliphatic carbocycles. The SMILES string of the molecule is C1C2C3C[C@H]4[C@H]5C6[C@H]7[C@H]8CC9C%10C[C@H]%11[C@H]%12C%13[C@H]%14[C@@H]1C21C34C52C63C%13(C%124C%10%11C98C734)C%1412. The number of hydrogen-bond acceptors (Lipinski definition) is 0. The van der Waals surface area contributed by atoms with E-state index in [1.165, 1.54) is 82.9 Å². The van der Waals surface area contributed by atoms with Crippen LogP contribution in [-0.4, -0.2) is 0 Å². The van der Waals surface area contributed by atoms with Crippen molar-refractivity contribution in [3.8, 4) is 0 Å². The second-order valence-electron chi connectivity index (χ2n) is 17.3. The van der Waals surface area contributed by atoms with E-state index in [2.05, 4.69) is 0 Å². The Balaban J connectivity index is 1.13. The van der Waals surface area contributed by atoms with Crippen LogP contribution in [0, 0.1) is 137 Å². The lowest BCUT2D eigenvalue weighted by Crippen LogP contribution is -3.46. The standard InChI is InChI=1S/C28H22/c1-5-6-2-10-15-18-16-12-4-8-7-3-11-14-17-13-9(1)19(5)20(6,10)24(15)23(13,19)27(17)25(14)21(7,11)22(8,12)26(16,25)28(18,24)27/h5-18H,1-4H2/t5?,6?,7?,8?,9-,10+,11+,12-,13-,14+,15+,16-,17?,18?,19?,20?,21?,22?,23?,24?,25?,26?,27?,28?. The average Bonchev–Trinajstić information content (AvgIpc) is 2.55. The van der Waals surface area contributed by atoms with Gasteiger partial charge in [0.15, 0.2) is 0 Å². The fourth-order valence-electron chi connectivity index (χ4n) is 26.9. The van der Waals surface area contributed by atoms with Crippen LogP contribution in [0.5, 0.6) is 0 Å². The Kier molecular flexibility index (Phi) is 0.585. The largest absolute Gasteiger partial charge is 0.0458 e. The van der Waals surface area contributed by atoms with Crippen LogP contribution in [0.2, 0.25) is 0 Å². The fraction of sp³-hybridized carbons (Fsp3) is 1.00. The number of hydrogen-bond donors (Lipinski definition) is 0. The lowest BCUT2D eigenvalue weighted by Gasteiger charge is -3.48. The molecule has 18 rings (SSSR count). The van der Waals surface area contributed by atoms with Crippen molar-refractivity contribution in [1.82, 2.24) is 0 Å². The zero-order chi connectivity index (χ0) is 15.9. The topological polar surface area (TPSA) is 0 Å². The number of fused-ring (bicyclic) bond motifs is 10. The van der Waals surface area contributed by atoms with E-state index in [1.807, 2.05) is 0 Å². The molecule has 0 N–H and O–H groups in total. The molecule has 0 nitrogen and oxygen atoms in total. The van der Waals surface area contributed by atoms with Gasteiger partial charge in [-0.05, 0) is 163 Å². The molecule has 134 valence electrons. The van der Waals surface area contributed by atoms with Crippen LogP contribution < -0.4 is 0 Å². The van der Waals surface area contributed by atoms with Crippen LogP contribution in [0.4, 0.5) is 0 Å². The molecule has 0 radical (unpaired) electrons. The van der Waals surface area contributed by atoms with E-state index in [9.17, 15) is 0 Å². The van der Waals surface area contributed by atoms with Gasteiger partial charge in [-0.25, -0.2) is 0 Å². The van der Waals surface area contributed by atoms with Crippen LogP contribution in [0.3, 0.4) is 0 Å². The third kappa shape index (κ3) is 0.246. The predicted octanol–water partition coefficient (Wildman–Crippen LogP) is 3.28. The summed E-state index contributed by atoms with van der Waals surface area (Å²) in [6.07, 6.45) is 7.09. The van der Waals surface area contributed by atoms with Crippen molar-refractivity contribution in [2.45, 2.75) is 25.7 Å². The van der Waals surface area contributed by atoms with Crippen LogP contribution in [0.15, 0.2) is 0 Å². The average molecular weight is 358 g/mol. The lowest BCUT2D eigenvalue weighted by atomic mass is 8.55. The van der Waals surface area contributed by atoms with Crippen LogP contribution >= 0.6 is 0 Å². The van der Waals surface area contributed by atoms with Crippen LogP contribution in [-0.2, 0) is 0 Å². The fourth-order valence-corrected chi connectivity index (χ4v) is 26.9. The molecule has 0 bridgehead atoms. The Labute approximate surface area is 162 Å². The van der Waals surface area contributed by atoms with Crippen LogP contribution in [0.25, 0.3) is 0 Å². The van der Waals surface area contributed by atoms with Gasteiger partial charge in [0.2, 0.25) is 0 Å². The zero-order valence-electron chi connectivity index (χ0n) is 15.9. The Morgan fingerprint density at radius 2 is 0.571 bits per heavy atom. The highest BCUT2D eigenvalue weighted by molar-refractivity contribution is 5.92. The summed E-state index contributed by atoms with van der Waals surface area (Å²) in [7, 11) is 0. The molecule has 0 heteroatoms. The molecule has 24 atom stereocenters. The molecule has 0 aromatic carbocycles. The predicted molar refractivity (Wildman–Crippen MR) is 91.7 cm³/mol. The van der Waals surface area contributed by atoms with E-state index in [4.69, 9.17) is 0 Å². The first-order valence-corrected chi connectivity index (χ1v) is 13.9. The minimum Gasteiger partial charge on any atom is -0.0458 e. The third-order valence-electron chi connectivity index (χ3n) is 22.3. The summed E-state index contributed by atoms with van der Waals surface area (Å²) in [6.45, 7) is 0. The van der Waals surface area contributed by atoms with Crippen molar-refractivity contribution in [2.75, 3.05) is 0 Å². The molecule has 10 spiro atoms. The Hall–Kier alpha value is 0. The van der Waals surface area contributed by atoms with Gasteiger partial charge in [0, 0.05) is 0 Å². The van der Waals surface area contributed by atoms with Gasteiger partial charge in [-0.3, -0.25) is 0 Å². The van der Waals surface area contributed by atoms with Crippen molar-refractivity contribution in [1.29, 1.82) is 0 Å². The monoisotopic (exact) mass is 358 g/mol. The highest BCUT2D eigenvalue weighted by Crippen LogP contribution is 3.49. The van der Waals surface area contributed by atoms with Gasteiger partial charge in [-0.2, -0.15) is 0 Å². The van der Waals surface area contributed by atoms with Gasteiger partial charge < -0.3 is 0 Å². The highest BCUT2D eigenvalue weighted by atomic mass is 15.5. The summed E-state index contributed by atoms with van der Waals surface area (Å²) in [5, 5.41) is 0. The first kappa shape index (κ1) is 10.1. The quantitative estimate of drug-likeness (QED) is 0.623. The first-order chi connectivity index (χ1) is 13.9. The van der Waals surface area contributed by atoms with E-state index in [-0.39, 0.29) is 0 Å². The van der Waals surface area contributed by atoms with Gasteiger partial charge in [-0.1, -0.05) is 0 Å². The maximum atomic E-state index is 1.77. The van der Waals surface area contributed by atoms with E-state index in [0.717, 1.165) is 54.1 Å². The van der Waals surface area contributed by atoms with Crippen molar-refractivity contribution >= 4 is 0 Å². The minimum atomic E-state index is 1.10. The molecule has 18 saturated carbocycles. The second-order valence-corrected chi connectivity index (χ2v) is 17.3. The Bertz CT molecular complexity index is 1220. The second kappa shape index (κ2) is 1.62. The smallest absolute Gasteiger partial charge is 0.00504 e. The summed E-state index contributed by atoms with van der Waals surface area (Å²) >= 11 is 0. The molecule has 0 aromatic rings. The summed E-state index contributed by atoms with van der Waals surface area (Å²) in [6, 6.07) is 0. The first-order valence-electron chi connectivity index (χ1n) is 13.9. The van der Waals surface area contributed by atoms with E-state index in [0.29, 0.717) is 0 Å². The highest BCUT2D eigenvalue weighted by Gasteiger charge is 3.47. The molecule has 0 aromatic heterocycles. The van der Waals surface area contributed by atoms with Gasteiger partial charge in [0.25, 0.3) is 0 Å². The molecule has 0 aliphatic heterocycles. The Morgan fingerprint density at radius 1 is 0.286 bits per heavy atom. The van der Waals surface area contributed by atoms with Crippen molar-refractivity contribution in [3.63, 3.8) is 0 Å². The van der Waals surface area contributed by atoms with Crippen molar-refractivity contribution < 1.29 is 0 Å². The van der Waals surface area contributed by atoms with E-state index in [1.54, 1.807) is 25.7 Å². The third-order valence-corrected chi connectivity index (χ3v) is 22.3. The van der Waals surface area contributed by atoms with Gasteiger partial charge in [0.05, 0.1) is 0 Å². The zero-order valence-corrected chi connectivity index (χ0v) is 15.9. The van der Waals surface area contributed by atoms with Crippen molar-refractivity contribution in [2.24, 2.45) is 137 Å². The Morgan fingerprint density at radius 3 is 0.857 bits per heavy atom. The maximum absolute atomic E-state index is 1.77. The molecule has 16 unspecified atom stereocenters. The minimum absolute atomic E-state index is 1.10. The van der Waals surface area contributed by atoms with E-state index < -0.39 is 0 Å². The number of rotatable bonds is 0. The molecule has 18 fully saturated rings. The summed E-state index contributed by atoms with van der Waals surface area (Å²) in [4.78, 5) is 0. The molecule has 18 aliphatic rings. The molecular weight excluding hydrogens is 336 g/mol. The normalized spacial score (nSPS) is 126. The summed E-state index contributed by atoms with van der Waals surface area (Å²) < 4.78 is 0. The molecule has 0 heterocycles. The van der Waals surface area contributed by atoms with Crippen LogP contribution in [0.1, 0.15) is 25.7 Å². The molecule has 0 saturated heterocycles. The van der Waals surface area contributed by atoms with Gasteiger partial charge in [0.1, 0.15) is 0 Å². The molecule has 0 amide bonds. The van der Waals surface area contributed by atoms with Gasteiger partial charge >= 0.3 is 0 Å². The summed E-state index contributed by atoms with van der Waals surface area (Å²) in [5.41, 5.74) is 11.1. The van der Waals surface area contributed by atoms with Crippen molar-refractivity contribution in [3.05, 3.63) is 0 Å². The molecule has 28 heavy (non-hydrogen) atoms. The van der Waals surface area contributed by atoms with E-state index >= 15 is 0 Å². The maximum Gasteiger partial charge on any atom is -0.00504 e. The molecular formula is C28H22. The summed E-state index contributed by atoms with van der Waals surface area (Å²) in [5.74, 6) is 18.9. The van der Waals surface area contributed by atoms with Gasteiger partial charge in [-0.15, -0.1) is 0 Å². The lowest BCUT2D eigenvalue weighted by molar-refractivity contribution is -1.03.